The first-order valence-electron chi connectivity index (χ1n) is 7.86. The molecule has 2 aliphatic heterocycles. The number of likely N-dealkylation sites (tertiary alicyclic amines) is 1. The molecule has 1 atom stereocenters. The number of aromatic nitrogens is 2. The highest BCUT2D eigenvalue weighted by atomic mass is 16.5. The van der Waals surface area contributed by atoms with Crippen molar-refractivity contribution < 1.29 is 14.3 Å². The highest BCUT2D eigenvalue weighted by Gasteiger charge is 2.46. The number of methoxy groups -OCH3 is 1. The van der Waals surface area contributed by atoms with Crippen LogP contribution in [0.5, 0.6) is 0 Å². The number of ether oxygens (including phenoxy) is 2. The number of aryl methyl sites for hydroxylation is 1. The minimum Gasteiger partial charge on any atom is -0.376 e. The van der Waals surface area contributed by atoms with E-state index in [1.54, 1.807) is 7.11 Å². The predicted octanol–water partition coefficient (Wildman–Crippen LogP) is 0.498. The van der Waals surface area contributed by atoms with Crippen LogP contribution in [0.15, 0.2) is 0 Å². The van der Waals surface area contributed by atoms with Gasteiger partial charge in [-0.3, -0.25) is 4.79 Å². The van der Waals surface area contributed by atoms with Crippen LogP contribution in [0.25, 0.3) is 0 Å². The molecule has 7 nitrogen and oxygen atoms in total. The van der Waals surface area contributed by atoms with Crippen LogP contribution in [-0.2, 0) is 26.3 Å². The smallest absolute Gasteiger partial charge is 0.248 e. The van der Waals surface area contributed by atoms with Gasteiger partial charge in [-0.2, -0.15) is 0 Å². The van der Waals surface area contributed by atoms with E-state index in [1.165, 1.54) is 0 Å². The number of hydrogen-bond donors (Lipinski definition) is 0. The summed E-state index contributed by atoms with van der Waals surface area (Å²) in [5, 5.41) is 0. The molecule has 1 saturated heterocycles. The topological polar surface area (TPSA) is 67.8 Å². The molecule has 0 aromatic carbocycles. The number of fused-ring (bicyclic) bond motifs is 2. The van der Waals surface area contributed by atoms with Gasteiger partial charge in [0.1, 0.15) is 6.61 Å². The van der Waals surface area contributed by atoms with Crippen LogP contribution >= 0.6 is 0 Å². The molecule has 0 aliphatic carbocycles. The number of rotatable bonds is 3. The van der Waals surface area contributed by atoms with Crippen LogP contribution in [0.3, 0.4) is 0 Å². The molecular weight excluding hydrogens is 296 g/mol. The minimum absolute atomic E-state index is 0.0232. The van der Waals surface area contributed by atoms with Gasteiger partial charge in [0.05, 0.1) is 24.3 Å². The van der Waals surface area contributed by atoms with Crippen LogP contribution in [0.1, 0.15) is 23.4 Å². The van der Waals surface area contributed by atoms with Crippen LogP contribution < -0.4 is 4.90 Å². The lowest BCUT2D eigenvalue weighted by Crippen LogP contribution is -2.43. The summed E-state index contributed by atoms with van der Waals surface area (Å²) in [4.78, 5) is 25.3. The van der Waals surface area contributed by atoms with Gasteiger partial charge in [0.15, 0.2) is 0 Å². The second kappa shape index (κ2) is 6.05. The standard InChI is InChI=1S/C16H24N4O3/c1-11-12-7-23-10-16(14(12)18-15(17-11)19(2)3)5-6-20(9-16)13(21)8-22-4/h5-10H2,1-4H3/t16-/m0/s1. The molecular formula is C16H24N4O3. The Hall–Kier alpha value is -1.73. The van der Waals surface area contributed by atoms with Crippen molar-refractivity contribution in [3.05, 3.63) is 17.0 Å². The molecule has 126 valence electrons. The molecule has 7 heteroatoms. The molecule has 1 amide bonds. The third-order valence-electron chi connectivity index (χ3n) is 4.70. The fourth-order valence-electron chi connectivity index (χ4n) is 3.42. The summed E-state index contributed by atoms with van der Waals surface area (Å²) in [6.45, 7) is 4.60. The molecule has 3 heterocycles. The Morgan fingerprint density at radius 3 is 2.91 bits per heavy atom. The normalized spacial score (nSPS) is 23.2. The number of amides is 1. The maximum atomic E-state index is 12.1. The molecule has 23 heavy (non-hydrogen) atoms. The summed E-state index contributed by atoms with van der Waals surface area (Å²) in [5.41, 5.74) is 2.85. The van der Waals surface area contributed by atoms with E-state index in [0.29, 0.717) is 32.3 Å². The SMILES string of the molecule is COCC(=O)N1CC[C@@]2(COCc3c(C)nc(N(C)C)nc32)C1. The van der Waals surface area contributed by atoms with Crippen molar-refractivity contribution in [3.63, 3.8) is 0 Å². The molecule has 0 saturated carbocycles. The van der Waals surface area contributed by atoms with Crippen molar-refractivity contribution in [3.8, 4) is 0 Å². The second-order valence-electron chi connectivity index (χ2n) is 6.60. The molecule has 1 aromatic rings. The van der Waals surface area contributed by atoms with Crippen molar-refractivity contribution in [2.45, 2.75) is 25.4 Å². The molecule has 1 aromatic heterocycles. The summed E-state index contributed by atoms with van der Waals surface area (Å²) in [5.74, 6) is 0.735. The zero-order valence-electron chi connectivity index (χ0n) is 14.3. The van der Waals surface area contributed by atoms with Crippen molar-refractivity contribution in [2.24, 2.45) is 0 Å². The van der Waals surface area contributed by atoms with E-state index in [-0.39, 0.29) is 17.9 Å². The molecule has 0 unspecified atom stereocenters. The van der Waals surface area contributed by atoms with E-state index < -0.39 is 0 Å². The summed E-state index contributed by atoms with van der Waals surface area (Å²) in [7, 11) is 5.43. The van der Waals surface area contributed by atoms with Crippen LogP contribution in [-0.4, -0.2) is 68.3 Å². The van der Waals surface area contributed by atoms with Gasteiger partial charge in [-0.1, -0.05) is 0 Å². The number of carbonyl (C=O) groups excluding carboxylic acids is 1. The Morgan fingerprint density at radius 2 is 2.22 bits per heavy atom. The van der Waals surface area contributed by atoms with E-state index in [1.807, 2.05) is 30.8 Å². The first-order chi connectivity index (χ1) is 11.0. The summed E-state index contributed by atoms with van der Waals surface area (Å²) in [6.07, 6.45) is 0.860. The average Bonchev–Trinajstić information content (AvgIpc) is 2.93. The van der Waals surface area contributed by atoms with Crippen molar-refractivity contribution in [1.29, 1.82) is 0 Å². The van der Waals surface area contributed by atoms with E-state index in [9.17, 15) is 4.79 Å². The zero-order valence-corrected chi connectivity index (χ0v) is 14.3. The number of nitrogens with zero attached hydrogens (tertiary/aromatic N) is 4. The van der Waals surface area contributed by atoms with Crippen LogP contribution in [0.4, 0.5) is 5.95 Å². The van der Waals surface area contributed by atoms with Gasteiger partial charge in [0, 0.05) is 45.6 Å². The Balaban J connectivity index is 1.97. The van der Waals surface area contributed by atoms with Gasteiger partial charge in [-0.05, 0) is 13.3 Å². The van der Waals surface area contributed by atoms with Crippen molar-refractivity contribution in [2.75, 3.05) is 52.4 Å². The van der Waals surface area contributed by atoms with E-state index >= 15 is 0 Å². The first-order valence-corrected chi connectivity index (χ1v) is 7.86. The second-order valence-corrected chi connectivity index (χ2v) is 6.60. The van der Waals surface area contributed by atoms with E-state index in [0.717, 1.165) is 23.4 Å². The van der Waals surface area contributed by atoms with Gasteiger partial charge in [0.25, 0.3) is 0 Å². The zero-order chi connectivity index (χ0) is 16.6. The van der Waals surface area contributed by atoms with E-state index in [4.69, 9.17) is 14.5 Å². The fourth-order valence-corrected chi connectivity index (χ4v) is 3.42. The average molecular weight is 320 g/mol. The summed E-state index contributed by atoms with van der Waals surface area (Å²) in [6, 6.07) is 0. The minimum atomic E-state index is -0.227. The number of hydrogen-bond acceptors (Lipinski definition) is 6. The maximum absolute atomic E-state index is 12.1. The fraction of sp³-hybridized carbons (Fsp3) is 0.688. The van der Waals surface area contributed by atoms with Gasteiger partial charge in [0.2, 0.25) is 11.9 Å². The van der Waals surface area contributed by atoms with E-state index in [2.05, 4.69) is 4.98 Å². The quantitative estimate of drug-likeness (QED) is 0.808. The third kappa shape index (κ3) is 2.79. The molecule has 0 bridgehead atoms. The van der Waals surface area contributed by atoms with Crippen LogP contribution in [0, 0.1) is 6.92 Å². The Morgan fingerprint density at radius 1 is 1.43 bits per heavy atom. The van der Waals surface area contributed by atoms with Gasteiger partial charge >= 0.3 is 0 Å². The number of anilines is 1. The Kier molecular flexibility index (Phi) is 4.25. The number of carbonyl (C=O) groups is 1. The highest BCUT2D eigenvalue weighted by Crippen LogP contribution is 2.40. The third-order valence-corrected chi connectivity index (χ3v) is 4.70. The molecule has 3 rings (SSSR count). The highest BCUT2D eigenvalue weighted by molar-refractivity contribution is 5.78. The molecule has 1 spiro atoms. The molecule has 0 radical (unpaired) electrons. The van der Waals surface area contributed by atoms with Crippen molar-refractivity contribution in [1.82, 2.24) is 14.9 Å². The maximum Gasteiger partial charge on any atom is 0.248 e. The molecule has 0 N–H and O–H groups in total. The molecule has 1 fully saturated rings. The summed E-state index contributed by atoms with van der Waals surface area (Å²) < 4.78 is 10.8. The monoisotopic (exact) mass is 320 g/mol. The lowest BCUT2D eigenvalue weighted by molar-refractivity contribution is -0.134. The lowest BCUT2D eigenvalue weighted by Gasteiger charge is -2.35. The van der Waals surface area contributed by atoms with Gasteiger partial charge < -0.3 is 19.3 Å². The van der Waals surface area contributed by atoms with Gasteiger partial charge in [-0.25, -0.2) is 9.97 Å². The first kappa shape index (κ1) is 16.1. The summed E-state index contributed by atoms with van der Waals surface area (Å²) >= 11 is 0. The lowest BCUT2D eigenvalue weighted by atomic mass is 9.80. The van der Waals surface area contributed by atoms with Gasteiger partial charge in [-0.15, -0.1) is 0 Å². The van der Waals surface area contributed by atoms with Crippen LogP contribution in [0.2, 0.25) is 0 Å². The predicted molar refractivity (Wildman–Crippen MR) is 85.5 cm³/mol. The molecule has 2 aliphatic rings. The Bertz CT molecular complexity index is 620. The Labute approximate surface area is 136 Å². The largest absolute Gasteiger partial charge is 0.376 e. The van der Waals surface area contributed by atoms with Crippen molar-refractivity contribution >= 4 is 11.9 Å².